The highest BCUT2D eigenvalue weighted by molar-refractivity contribution is 7.18. The van der Waals surface area contributed by atoms with E-state index >= 15 is 0 Å². The molecule has 6 nitrogen and oxygen atoms in total. The molecule has 0 bridgehead atoms. The Labute approximate surface area is 182 Å². The first kappa shape index (κ1) is 19.7. The van der Waals surface area contributed by atoms with E-state index in [0.29, 0.717) is 19.6 Å². The van der Waals surface area contributed by atoms with Crippen molar-refractivity contribution in [3.05, 3.63) is 55.1 Å². The number of nitrogens with one attached hydrogen (secondary N) is 1. The van der Waals surface area contributed by atoms with Crippen LogP contribution in [-0.2, 0) is 24.2 Å². The number of fused-ring (bicyclic) bond motifs is 3. The zero-order valence-corrected chi connectivity index (χ0v) is 18.4. The van der Waals surface area contributed by atoms with E-state index in [1.54, 1.807) is 28.7 Å². The second-order valence-corrected chi connectivity index (χ2v) is 9.92. The number of carbonyl (C=O) groups is 1. The van der Waals surface area contributed by atoms with Crippen LogP contribution in [0.3, 0.4) is 0 Å². The van der Waals surface area contributed by atoms with E-state index in [1.807, 2.05) is 28.5 Å². The van der Waals surface area contributed by atoms with Gasteiger partial charge in [0.25, 0.3) is 5.56 Å². The number of thiophene rings is 2. The van der Waals surface area contributed by atoms with Crippen molar-refractivity contribution in [3.63, 3.8) is 0 Å². The number of aromatic amines is 1. The van der Waals surface area contributed by atoms with Crippen LogP contribution in [0.2, 0.25) is 0 Å². The van der Waals surface area contributed by atoms with Crippen molar-refractivity contribution < 1.29 is 4.79 Å². The number of hydrogen-bond acceptors (Lipinski definition) is 6. The van der Waals surface area contributed by atoms with E-state index < -0.39 is 0 Å². The van der Waals surface area contributed by atoms with Gasteiger partial charge in [-0.3, -0.25) is 14.5 Å². The van der Waals surface area contributed by atoms with Gasteiger partial charge >= 0.3 is 0 Å². The summed E-state index contributed by atoms with van der Waals surface area (Å²) >= 11 is 3.31. The molecule has 0 unspecified atom stereocenters. The third-order valence-corrected chi connectivity index (χ3v) is 7.89. The van der Waals surface area contributed by atoms with Crippen LogP contribution in [-0.4, -0.2) is 51.9 Å². The molecule has 2 aliphatic rings. The summed E-state index contributed by atoms with van der Waals surface area (Å²) in [5.41, 5.74) is 1.23. The third kappa shape index (κ3) is 3.99. The summed E-state index contributed by atoms with van der Waals surface area (Å²) in [5.74, 6) is 0.781. The lowest BCUT2D eigenvalue weighted by Gasteiger charge is -2.33. The van der Waals surface area contributed by atoms with Crippen molar-refractivity contribution in [1.82, 2.24) is 19.8 Å². The smallest absolute Gasteiger partial charge is 0.259 e. The van der Waals surface area contributed by atoms with E-state index in [1.165, 1.54) is 16.9 Å². The van der Waals surface area contributed by atoms with Gasteiger partial charge in [0, 0.05) is 42.0 Å². The summed E-state index contributed by atoms with van der Waals surface area (Å²) in [4.78, 5) is 40.4. The lowest BCUT2D eigenvalue weighted by molar-refractivity contribution is -0.127. The first-order chi connectivity index (χ1) is 14.7. The van der Waals surface area contributed by atoms with Gasteiger partial charge in [0.1, 0.15) is 10.7 Å². The number of H-pyrrole nitrogens is 1. The molecule has 8 heteroatoms. The van der Waals surface area contributed by atoms with Gasteiger partial charge in [0.2, 0.25) is 5.91 Å². The van der Waals surface area contributed by atoms with Crippen LogP contribution >= 0.6 is 22.7 Å². The van der Waals surface area contributed by atoms with E-state index in [-0.39, 0.29) is 11.5 Å². The maximum absolute atomic E-state index is 12.7. The molecule has 1 aliphatic heterocycles. The van der Waals surface area contributed by atoms with Crippen LogP contribution in [0.4, 0.5) is 0 Å². The molecule has 1 N–H and O–H groups in total. The van der Waals surface area contributed by atoms with Crippen molar-refractivity contribution in [2.75, 3.05) is 26.2 Å². The van der Waals surface area contributed by atoms with Gasteiger partial charge in [-0.15, -0.1) is 22.7 Å². The zero-order valence-electron chi connectivity index (χ0n) is 16.7. The second-order valence-electron chi connectivity index (χ2n) is 7.85. The second kappa shape index (κ2) is 8.45. The van der Waals surface area contributed by atoms with E-state index in [0.717, 1.165) is 53.3 Å². The molecule has 1 saturated heterocycles. The lowest BCUT2D eigenvalue weighted by atomic mass is 9.97. The monoisotopic (exact) mass is 440 g/mol. The maximum atomic E-state index is 12.7. The molecule has 3 aromatic heterocycles. The van der Waals surface area contributed by atoms with Crippen LogP contribution in [0.5, 0.6) is 0 Å². The Hall–Kier alpha value is -2.29. The SMILES string of the molecule is O=C(/C=C/c1cccs1)N1CCN(Cc2nc3sc4c(c3c(=O)[nH]2)CCCC4)CC1. The molecule has 0 spiro atoms. The zero-order chi connectivity index (χ0) is 20.5. The van der Waals surface area contributed by atoms with Crippen molar-refractivity contribution in [3.8, 4) is 0 Å². The van der Waals surface area contributed by atoms with Crippen LogP contribution in [0.15, 0.2) is 28.4 Å². The standard InChI is InChI=1S/C22H24N4O2S2/c27-19(8-7-15-4-3-13-29-15)26-11-9-25(10-12-26)14-18-23-21(28)20-16-5-1-2-6-17(16)30-22(20)24-18/h3-4,7-8,13H,1-2,5-6,9-12,14H2,(H,23,24,28)/b8-7+. The largest absolute Gasteiger partial charge is 0.337 e. The summed E-state index contributed by atoms with van der Waals surface area (Å²) in [6.07, 6.45) is 7.97. The summed E-state index contributed by atoms with van der Waals surface area (Å²) < 4.78 is 0. The normalized spacial score (nSPS) is 17.7. The number of amides is 1. The minimum atomic E-state index is 0.00179. The molecule has 0 atom stereocenters. The molecule has 156 valence electrons. The molecule has 1 fully saturated rings. The first-order valence-corrected chi connectivity index (χ1v) is 12.1. The number of nitrogens with zero attached hydrogens (tertiary/aromatic N) is 3. The Morgan fingerprint density at radius 2 is 2.03 bits per heavy atom. The Bertz CT molecular complexity index is 1140. The van der Waals surface area contributed by atoms with Crippen LogP contribution in [0, 0.1) is 0 Å². The van der Waals surface area contributed by atoms with Crippen molar-refractivity contribution in [2.24, 2.45) is 0 Å². The molecule has 1 amide bonds. The lowest BCUT2D eigenvalue weighted by Crippen LogP contribution is -2.48. The van der Waals surface area contributed by atoms with Gasteiger partial charge in [0.05, 0.1) is 11.9 Å². The number of piperazine rings is 1. The molecule has 30 heavy (non-hydrogen) atoms. The molecule has 0 saturated carbocycles. The third-order valence-electron chi connectivity index (χ3n) is 5.86. The van der Waals surface area contributed by atoms with E-state index in [9.17, 15) is 9.59 Å². The Kier molecular flexibility index (Phi) is 5.54. The van der Waals surface area contributed by atoms with Crippen LogP contribution in [0.25, 0.3) is 16.3 Å². The summed E-state index contributed by atoms with van der Waals surface area (Å²) in [6, 6.07) is 3.98. The molecule has 0 aromatic carbocycles. The number of aryl methyl sites for hydroxylation is 2. The molecule has 1 aliphatic carbocycles. The quantitative estimate of drug-likeness (QED) is 0.632. The van der Waals surface area contributed by atoms with Gasteiger partial charge in [-0.2, -0.15) is 0 Å². The van der Waals surface area contributed by atoms with Crippen LogP contribution in [0.1, 0.15) is 34.0 Å². The molecular formula is C22H24N4O2S2. The van der Waals surface area contributed by atoms with Gasteiger partial charge < -0.3 is 9.88 Å². The highest BCUT2D eigenvalue weighted by Gasteiger charge is 2.22. The van der Waals surface area contributed by atoms with Crippen molar-refractivity contribution in [1.29, 1.82) is 0 Å². The molecule has 4 heterocycles. The molecule has 5 rings (SSSR count). The van der Waals surface area contributed by atoms with Crippen LogP contribution < -0.4 is 5.56 Å². The fraction of sp³-hybridized carbons (Fsp3) is 0.409. The molecule has 0 radical (unpaired) electrons. The highest BCUT2D eigenvalue weighted by Crippen LogP contribution is 2.33. The Balaban J connectivity index is 1.23. The minimum Gasteiger partial charge on any atom is -0.337 e. The predicted octanol–water partition coefficient (Wildman–Crippen LogP) is 3.28. The number of rotatable bonds is 4. The van der Waals surface area contributed by atoms with E-state index in [4.69, 9.17) is 4.98 Å². The Morgan fingerprint density at radius 3 is 2.83 bits per heavy atom. The fourth-order valence-electron chi connectivity index (χ4n) is 4.27. The van der Waals surface area contributed by atoms with Gasteiger partial charge in [-0.25, -0.2) is 4.98 Å². The summed E-state index contributed by atoms with van der Waals surface area (Å²) in [7, 11) is 0. The highest BCUT2D eigenvalue weighted by atomic mass is 32.1. The average molecular weight is 441 g/mol. The number of carbonyl (C=O) groups excluding carboxylic acids is 1. The summed E-state index contributed by atoms with van der Waals surface area (Å²) in [6.45, 7) is 3.55. The topological polar surface area (TPSA) is 69.3 Å². The Morgan fingerprint density at radius 1 is 1.20 bits per heavy atom. The van der Waals surface area contributed by atoms with Crippen molar-refractivity contribution in [2.45, 2.75) is 32.2 Å². The summed E-state index contributed by atoms with van der Waals surface area (Å²) in [5, 5.41) is 2.82. The maximum Gasteiger partial charge on any atom is 0.259 e. The van der Waals surface area contributed by atoms with Gasteiger partial charge in [-0.05, 0) is 48.8 Å². The predicted molar refractivity (Wildman–Crippen MR) is 122 cm³/mol. The van der Waals surface area contributed by atoms with E-state index in [2.05, 4.69) is 9.88 Å². The van der Waals surface area contributed by atoms with Gasteiger partial charge in [-0.1, -0.05) is 6.07 Å². The van der Waals surface area contributed by atoms with Gasteiger partial charge in [0.15, 0.2) is 0 Å². The first-order valence-electron chi connectivity index (χ1n) is 10.4. The molecule has 3 aromatic rings. The number of aromatic nitrogens is 2. The average Bonchev–Trinajstić information content (AvgIpc) is 3.40. The fourth-order valence-corrected chi connectivity index (χ4v) is 6.17. The minimum absolute atomic E-state index is 0.00179. The van der Waals surface area contributed by atoms with Crippen molar-refractivity contribution >= 4 is 44.9 Å². The number of hydrogen-bond donors (Lipinski definition) is 1. The molecular weight excluding hydrogens is 416 g/mol.